The Morgan fingerprint density at radius 1 is 1.53 bits per heavy atom. The molecular formula is C11H18N4. The molecule has 1 heterocycles. The summed E-state index contributed by atoms with van der Waals surface area (Å²) in [6.45, 7) is 2.17. The molecule has 1 aliphatic rings. The first-order chi connectivity index (χ1) is 7.28. The molecule has 0 unspecified atom stereocenters. The SMILES string of the molecule is CN(Cc1ccc(NN)nc1)CC1CC1. The number of hydrazine groups is 1. The molecule has 0 saturated heterocycles. The van der Waals surface area contributed by atoms with Crippen LogP contribution in [0.1, 0.15) is 18.4 Å². The third-order valence-corrected chi connectivity index (χ3v) is 2.69. The third kappa shape index (κ3) is 3.18. The van der Waals surface area contributed by atoms with Crippen molar-refractivity contribution in [2.24, 2.45) is 11.8 Å². The van der Waals surface area contributed by atoms with Crippen LogP contribution in [0.5, 0.6) is 0 Å². The molecule has 0 radical (unpaired) electrons. The van der Waals surface area contributed by atoms with E-state index in [4.69, 9.17) is 5.84 Å². The summed E-state index contributed by atoms with van der Waals surface area (Å²) in [6.07, 6.45) is 4.68. The molecule has 0 bridgehead atoms. The van der Waals surface area contributed by atoms with Crippen LogP contribution in [0, 0.1) is 5.92 Å². The number of anilines is 1. The Morgan fingerprint density at radius 3 is 2.87 bits per heavy atom. The molecule has 1 aromatic heterocycles. The van der Waals surface area contributed by atoms with Gasteiger partial charge < -0.3 is 10.3 Å². The Labute approximate surface area is 90.5 Å². The lowest BCUT2D eigenvalue weighted by molar-refractivity contribution is 0.313. The van der Waals surface area contributed by atoms with Gasteiger partial charge in [0.1, 0.15) is 5.82 Å². The minimum atomic E-state index is 0.712. The van der Waals surface area contributed by atoms with Crippen LogP contribution in [0.4, 0.5) is 5.82 Å². The van der Waals surface area contributed by atoms with Crippen molar-refractivity contribution in [2.75, 3.05) is 19.0 Å². The Morgan fingerprint density at radius 2 is 2.33 bits per heavy atom. The van der Waals surface area contributed by atoms with Crippen LogP contribution < -0.4 is 11.3 Å². The van der Waals surface area contributed by atoms with Crippen molar-refractivity contribution in [1.82, 2.24) is 9.88 Å². The van der Waals surface area contributed by atoms with Gasteiger partial charge in [0.25, 0.3) is 0 Å². The highest BCUT2D eigenvalue weighted by molar-refractivity contribution is 5.33. The molecule has 2 rings (SSSR count). The van der Waals surface area contributed by atoms with Gasteiger partial charge in [-0.15, -0.1) is 0 Å². The third-order valence-electron chi connectivity index (χ3n) is 2.69. The largest absolute Gasteiger partial charge is 0.308 e. The van der Waals surface area contributed by atoms with Gasteiger partial charge in [0.15, 0.2) is 0 Å². The van der Waals surface area contributed by atoms with E-state index in [0.717, 1.165) is 12.5 Å². The molecule has 4 heteroatoms. The predicted octanol–water partition coefficient (Wildman–Crippen LogP) is 1.21. The zero-order valence-electron chi connectivity index (χ0n) is 9.11. The maximum Gasteiger partial charge on any atom is 0.139 e. The van der Waals surface area contributed by atoms with Crippen LogP contribution in [0.15, 0.2) is 18.3 Å². The van der Waals surface area contributed by atoms with Crippen molar-refractivity contribution >= 4 is 5.82 Å². The van der Waals surface area contributed by atoms with Gasteiger partial charge >= 0.3 is 0 Å². The van der Waals surface area contributed by atoms with Gasteiger partial charge in [-0.1, -0.05) is 6.07 Å². The molecule has 1 saturated carbocycles. The molecule has 4 nitrogen and oxygen atoms in total. The van der Waals surface area contributed by atoms with Gasteiger partial charge in [0.05, 0.1) is 0 Å². The molecule has 0 atom stereocenters. The molecule has 82 valence electrons. The fourth-order valence-electron chi connectivity index (χ4n) is 1.72. The number of aromatic nitrogens is 1. The molecule has 1 aromatic rings. The molecule has 15 heavy (non-hydrogen) atoms. The standard InChI is InChI=1S/C11H18N4/c1-15(7-9-2-3-9)8-10-4-5-11(14-12)13-6-10/h4-6,9H,2-3,7-8,12H2,1H3,(H,13,14). The number of rotatable bonds is 5. The lowest BCUT2D eigenvalue weighted by Gasteiger charge is -2.15. The Kier molecular flexibility index (Phi) is 3.18. The number of hydrogen-bond acceptors (Lipinski definition) is 4. The highest BCUT2D eigenvalue weighted by Crippen LogP contribution is 2.29. The van der Waals surface area contributed by atoms with Crippen molar-refractivity contribution in [1.29, 1.82) is 0 Å². The van der Waals surface area contributed by atoms with Crippen molar-refractivity contribution in [3.05, 3.63) is 23.9 Å². The van der Waals surface area contributed by atoms with E-state index in [1.165, 1.54) is 24.9 Å². The average molecular weight is 206 g/mol. The van der Waals surface area contributed by atoms with E-state index in [1.54, 1.807) is 0 Å². The quantitative estimate of drug-likeness (QED) is 0.561. The monoisotopic (exact) mass is 206 g/mol. The van der Waals surface area contributed by atoms with Crippen LogP contribution in [-0.4, -0.2) is 23.5 Å². The molecule has 1 fully saturated rings. The zero-order chi connectivity index (χ0) is 10.7. The maximum atomic E-state index is 5.25. The normalized spacial score (nSPS) is 15.7. The molecular weight excluding hydrogens is 188 g/mol. The first-order valence-corrected chi connectivity index (χ1v) is 5.38. The van der Waals surface area contributed by atoms with Gasteiger partial charge in [-0.25, -0.2) is 10.8 Å². The van der Waals surface area contributed by atoms with E-state index in [9.17, 15) is 0 Å². The van der Waals surface area contributed by atoms with Crippen LogP contribution in [0.3, 0.4) is 0 Å². The van der Waals surface area contributed by atoms with Crippen molar-refractivity contribution in [3.8, 4) is 0 Å². The number of nitrogens with zero attached hydrogens (tertiary/aromatic N) is 2. The second-order valence-electron chi connectivity index (χ2n) is 4.34. The van der Waals surface area contributed by atoms with Gasteiger partial charge in [-0.3, -0.25) is 0 Å². The van der Waals surface area contributed by atoms with E-state index >= 15 is 0 Å². The summed E-state index contributed by atoms with van der Waals surface area (Å²) < 4.78 is 0. The van der Waals surface area contributed by atoms with Gasteiger partial charge in [0.2, 0.25) is 0 Å². The number of nitrogen functional groups attached to an aromatic ring is 1. The van der Waals surface area contributed by atoms with E-state index < -0.39 is 0 Å². The van der Waals surface area contributed by atoms with E-state index in [0.29, 0.717) is 5.82 Å². The summed E-state index contributed by atoms with van der Waals surface area (Å²) in [6, 6.07) is 3.96. The predicted molar refractivity (Wildman–Crippen MR) is 61.1 cm³/mol. The summed E-state index contributed by atoms with van der Waals surface area (Å²) in [5.74, 6) is 6.90. The van der Waals surface area contributed by atoms with Crippen LogP contribution >= 0.6 is 0 Å². The second kappa shape index (κ2) is 4.59. The van der Waals surface area contributed by atoms with Crippen LogP contribution in [0.25, 0.3) is 0 Å². The summed E-state index contributed by atoms with van der Waals surface area (Å²) in [7, 11) is 2.16. The van der Waals surface area contributed by atoms with E-state index in [2.05, 4.69) is 28.4 Å². The summed E-state index contributed by atoms with van der Waals surface area (Å²) >= 11 is 0. The topological polar surface area (TPSA) is 54.2 Å². The first-order valence-electron chi connectivity index (χ1n) is 5.38. The number of hydrogen-bond donors (Lipinski definition) is 2. The summed E-state index contributed by atoms with van der Waals surface area (Å²) in [5, 5.41) is 0. The van der Waals surface area contributed by atoms with Crippen LogP contribution in [-0.2, 0) is 6.54 Å². The molecule has 1 aliphatic carbocycles. The van der Waals surface area contributed by atoms with Crippen molar-refractivity contribution < 1.29 is 0 Å². The lowest BCUT2D eigenvalue weighted by atomic mass is 10.2. The highest BCUT2D eigenvalue weighted by atomic mass is 15.2. The summed E-state index contributed by atoms with van der Waals surface area (Å²) in [5.41, 5.74) is 3.76. The molecule has 0 aliphatic heterocycles. The number of nitrogens with one attached hydrogen (secondary N) is 1. The van der Waals surface area contributed by atoms with Crippen molar-refractivity contribution in [2.45, 2.75) is 19.4 Å². The van der Waals surface area contributed by atoms with Crippen LogP contribution in [0.2, 0.25) is 0 Å². The second-order valence-corrected chi connectivity index (χ2v) is 4.34. The number of pyridine rings is 1. The van der Waals surface area contributed by atoms with Gasteiger partial charge in [-0.2, -0.15) is 0 Å². The smallest absolute Gasteiger partial charge is 0.139 e. The average Bonchev–Trinajstić information content (AvgIpc) is 3.03. The highest BCUT2D eigenvalue weighted by Gasteiger charge is 2.22. The zero-order valence-corrected chi connectivity index (χ0v) is 9.11. The van der Waals surface area contributed by atoms with E-state index in [1.807, 2.05) is 12.3 Å². The fourth-order valence-corrected chi connectivity index (χ4v) is 1.72. The minimum absolute atomic E-state index is 0.712. The van der Waals surface area contributed by atoms with E-state index in [-0.39, 0.29) is 0 Å². The Hall–Kier alpha value is -1.13. The fraction of sp³-hybridized carbons (Fsp3) is 0.545. The molecule has 0 amide bonds. The molecule has 0 aromatic carbocycles. The molecule has 0 spiro atoms. The Bertz CT molecular complexity index is 305. The maximum absolute atomic E-state index is 5.25. The Balaban J connectivity index is 1.85. The first kappa shape index (κ1) is 10.4. The number of nitrogens with two attached hydrogens (primary N) is 1. The lowest BCUT2D eigenvalue weighted by Crippen LogP contribution is -2.20. The van der Waals surface area contributed by atoms with Crippen molar-refractivity contribution in [3.63, 3.8) is 0 Å². The van der Waals surface area contributed by atoms with Gasteiger partial charge in [-0.05, 0) is 37.4 Å². The molecule has 3 N–H and O–H groups in total. The summed E-state index contributed by atoms with van der Waals surface area (Å²) in [4.78, 5) is 6.53. The van der Waals surface area contributed by atoms with Gasteiger partial charge in [0, 0.05) is 19.3 Å². The minimum Gasteiger partial charge on any atom is -0.308 e.